The highest BCUT2D eigenvalue weighted by molar-refractivity contribution is 6.04. The van der Waals surface area contributed by atoms with E-state index in [0.717, 1.165) is 0 Å². The molecule has 7 nitrogen and oxygen atoms in total. The molecule has 3 rings (SSSR count). The Balaban J connectivity index is 2.12. The topological polar surface area (TPSA) is 124 Å². The number of aliphatic hydroxyl groups excluding tert-OH is 4. The second-order valence-corrected chi connectivity index (χ2v) is 9.87. The van der Waals surface area contributed by atoms with E-state index in [2.05, 4.69) is 0 Å². The summed E-state index contributed by atoms with van der Waals surface area (Å²) in [5, 5.41) is 40.2. The van der Waals surface area contributed by atoms with Gasteiger partial charge in [-0.2, -0.15) is 0 Å². The van der Waals surface area contributed by atoms with Crippen LogP contribution in [0.2, 0.25) is 0 Å². The van der Waals surface area contributed by atoms with E-state index in [-0.39, 0.29) is 46.4 Å². The normalized spacial score (nSPS) is 27.7. The van der Waals surface area contributed by atoms with E-state index in [4.69, 9.17) is 9.84 Å². The second-order valence-electron chi connectivity index (χ2n) is 9.87. The predicted molar refractivity (Wildman–Crippen MR) is 99.8 cm³/mol. The van der Waals surface area contributed by atoms with Crippen LogP contribution in [0.3, 0.4) is 0 Å². The van der Waals surface area contributed by atoms with E-state index < -0.39 is 30.8 Å². The molecule has 0 radical (unpaired) electrons. The van der Waals surface area contributed by atoms with Crippen molar-refractivity contribution in [1.82, 2.24) is 0 Å². The Hall–Kier alpha value is -1.54. The Morgan fingerprint density at radius 3 is 1.71 bits per heavy atom. The maximum Gasteiger partial charge on any atom is 0.163 e. The molecular weight excluding hydrogens is 364 g/mol. The minimum absolute atomic E-state index is 0.211. The third kappa shape index (κ3) is 3.68. The summed E-state index contributed by atoms with van der Waals surface area (Å²) in [6, 6.07) is 0. The highest BCUT2D eigenvalue weighted by atomic mass is 16.5. The molecule has 7 heteroatoms. The van der Waals surface area contributed by atoms with Crippen LogP contribution in [0.4, 0.5) is 0 Å². The largest absolute Gasteiger partial charge is 0.465 e. The molecule has 4 N–H and O–H groups in total. The molecule has 1 aliphatic heterocycles. The maximum absolute atomic E-state index is 13.0. The molecule has 0 saturated heterocycles. The number of hydrogen-bond acceptors (Lipinski definition) is 7. The van der Waals surface area contributed by atoms with E-state index in [1.165, 1.54) is 0 Å². The number of hydrogen-bond donors (Lipinski definition) is 4. The Bertz CT molecular complexity index is 707. The summed E-state index contributed by atoms with van der Waals surface area (Å²) in [5.41, 5.74) is -0.215. The van der Waals surface area contributed by atoms with Crippen LogP contribution in [0.25, 0.3) is 0 Å². The van der Waals surface area contributed by atoms with E-state index >= 15 is 0 Å². The molecule has 2 aliphatic carbocycles. The van der Waals surface area contributed by atoms with Crippen LogP contribution < -0.4 is 0 Å². The SMILES string of the molecule is CC1(C)CC(=O)C2=C(C1)OC1=C(C(=O)CC(C)(C)C1)C2C(O)C(O)C(O)CO. The highest BCUT2D eigenvalue weighted by Crippen LogP contribution is 2.51. The van der Waals surface area contributed by atoms with Gasteiger partial charge in [0.1, 0.15) is 23.7 Å². The molecule has 156 valence electrons. The molecule has 0 aromatic carbocycles. The van der Waals surface area contributed by atoms with Crippen LogP contribution >= 0.6 is 0 Å². The van der Waals surface area contributed by atoms with E-state index in [9.17, 15) is 24.9 Å². The van der Waals surface area contributed by atoms with Crippen molar-refractivity contribution in [2.45, 2.75) is 71.7 Å². The lowest BCUT2D eigenvalue weighted by atomic mass is 9.65. The maximum atomic E-state index is 13.0. The lowest BCUT2D eigenvalue weighted by Crippen LogP contribution is -2.49. The number of ether oxygens (including phenoxy) is 1. The van der Waals surface area contributed by atoms with E-state index in [1.54, 1.807) is 0 Å². The molecule has 0 saturated carbocycles. The average molecular weight is 394 g/mol. The van der Waals surface area contributed by atoms with Crippen molar-refractivity contribution in [3.8, 4) is 0 Å². The fraction of sp³-hybridized carbons (Fsp3) is 0.714. The molecule has 0 fully saturated rings. The first-order valence-electron chi connectivity index (χ1n) is 9.72. The molecule has 1 heterocycles. The summed E-state index contributed by atoms with van der Waals surface area (Å²) in [7, 11) is 0. The standard InChI is InChI=1S/C21H30O7/c1-20(2)5-10(23)15-13(7-20)28-14-8-21(3,4)6-11(24)16(14)17(15)19(27)18(26)12(25)9-22/h12,17-19,22,25-27H,5-9H2,1-4H3. The lowest BCUT2D eigenvalue weighted by Gasteiger charge is -2.44. The van der Waals surface area contributed by atoms with Crippen LogP contribution in [0.15, 0.2) is 22.7 Å². The summed E-state index contributed by atoms with van der Waals surface area (Å²) in [5.74, 6) is -0.669. The zero-order chi connectivity index (χ0) is 21.0. The van der Waals surface area contributed by atoms with Gasteiger partial charge in [0, 0.05) is 36.8 Å². The fourth-order valence-electron chi connectivity index (χ4n) is 4.60. The van der Waals surface area contributed by atoms with Gasteiger partial charge in [-0.05, 0) is 10.8 Å². The fourth-order valence-corrected chi connectivity index (χ4v) is 4.60. The number of rotatable bonds is 4. The number of carbonyl (C=O) groups excluding carboxylic acids is 2. The lowest BCUT2D eigenvalue weighted by molar-refractivity contribution is -0.125. The van der Waals surface area contributed by atoms with E-state index in [1.807, 2.05) is 27.7 Å². The average Bonchev–Trinajstić information content (AvgIpc) is 2.55. The first-order valence-corrected chi connectivity index (χ1v) is 9.72. The molecule has 0 amide bonds. The van der Waals surface area contributed by atoms with Gasteiger partial charge in [0.05, 0.1) is 18.6 Å². The van der Waals surface area contributed by atoms with Gasteiger partial charge < -0.3 is 25.2 Å². The molecule has 28 heavy (non-hydrogen) atoms. The molecule has 0 spiro atoms. The van der Waals surface area contributed by atoms with Gasteiger partial charge in [0.15, 0.2) is 11.6 Å². The van der Waals surface area contributed by atoms with Crippen molar-refractivity contribution >= 4 is 11.6 Å². The van der Waals surface area contributed by atoms with Crippen LogP contribution in [0.5, 0.6) is 0 Å². The minimum Gasteiger partial charge on any atom is -0.465 e. The zero-order valence-electron chi connectivity index (χ0n) is 16.9. The number of carbonyl (C=O) groups is 2. The predicted octanol–water partition coefficient (Wildman–Crippen LogP) is 0.994. The van der Waals surface area contributed by atoms with Gasteiger partial charge in [0.25, 0.3) is 0 Å². The summed E-state index contributed by atoms with van der Waals surface area (Å²) in [6.07, 6.45) is -3.49. The van der Waals surface area contributed by atoms with Crippen molar-refractivity contribution in [3.05, 3.63) is 22.7 Å². The second kappa shape index (κ2) is 7.06. The van der Waals surface area contributed by atoms with E-state index in [0.29, 0.717) is 24.4 Å². The van der Waals surface area contributed by atoms with Gasteiger partial charge in [-0.3, -0.25) is 9.59 Å². The van der Waals surface area contributed by atoms with Crippen molar-refractivity contribution in [1.29, 1.82) is 0 Å². The summed E-state index contributed by atoms with van der Waals surface area (Å²) >= 11 is 0. The van der Waals surface area contributed by atoms with Crippen molar-refractivity contribution in [3.63, 3.8) is 0 Å². The van der Waals surface area contributed by atoms with Crippen LogP contribution in [0, 0.1) is 16.7 Å². The first kappa shape index (κ1) is 21.2. The van der Waals surface area contributed by atoms with Crippen molar-refractivity contribution in [2.75, 3.05) is 6.61 Å². The van der Waals surface area contributed by atoms with Crippen molar-refractivity contribution < 1.29 is 34.8 Å². The van der Waals surface area contributed by atoms with Gasteiger partial charge in [-0.25, -0.2) is 0 Å². The monoisotopic (exact) mass is 394 g/mol. The number of Topliss-reactive ketones (excluding diaryl/α,β-unsaturated/α-hetero) is 2. The number of ketones is 2. The van der Waals surface area contributed by atoms with Gasteiger partial charge in [0.2, 0.25) is 0 Å². The van der Waals surface area contributed by atoms with Gasteiger partial charge in [-0.15, -0.1) is 0 Å². The van der Waals surface area contributed by atoms with Crippen molar-refractivity contribution in [2.24, 2.45) is 16.7 Å². The number of aliphatic hydroxyl groups is 4. The zero-order valence-corrected chi connectivity index (χ0v) is 16.9. The number of allylic oxidation sites excluding steroid dienone is 2. The summed E-state index contributed by atoms with van der Waals surface area (Å²) < 4.78 is 6.07. The Kier molecular flexibility index (Phi) is 5.34. The third-order valence-corrected chi connectivity index (χ3v) is 5.90. The molecule has 3 aliphatic rings. The first-order chi connectivity index (χ1) is 12.9. The molecule has 0 bridgehead atoms. The highest BCUT2D eigenvalue weighted by Gasteiger charge is 2.51. The molecule has 3 atom stereocenters. The quantitative estimate of drug-likeness (QED) is 0.560. The molecular formula is C21H30O7. The Morgan fingerprint density at radius 2 is 1.32 bits per heavy atom. The molecule has 0 aromatic heterocycles. The smallest absolute Gasteiger partial charge is 0.163 e. The Labute approximate surface area is 164 Å². The molecule has 3 unspecified atom stereocenters. The van der Waals surface area contributed by atoms with Gasteiger partial charge in [-0.1, -0.05) is 27.7 Å². The Morgan fingerprint density at radius 1 is 0.893 bits per heavy atom. The summed E-state index contributed by atoms with van der Waals surface area (Å²) in [6.45, 7) is 7.06. The van der Waals surface area contributed by atoms with Gasteiger partial charge >= 0.3 is 0 Å². The third-order valence-electron chi connectivity index (χ3n) is 5.90. The summed E-state index contributed by atoms with van der Waals surface area (Å²) in [4.78, 5) is 25.9. The minimum atomic E-state index is -1.71. The van der Waals surface area contributed by atoms with Crippen LogP contribution in [-0.2, 0) is 14.3 Å². The van der Waals surface area contributed by atoms with Crippen LogP contribution in [-0.4, -0.2) is 56.9 Å². The molecule has 0 aromatic rings. The van der Waals surface area contributed by atoms with Crippen LogP contribution in [0.1, 0.15) is 53.4 Å².